The molecule has 0 radical (unpaired) electrons. The second kappa shape index (κ2) is 179. The van der Waals surface area contributed by atoms with E-state index in [-0.39, 0.29) is 338 Å². The van der Waals surface area contributed by atoms with Crippen LogP contribution in [0.4, 0.5) is 0 Å². The molecule has 0 fully saturated rings. The van der Waals surface area contributed by atoms with E-state index in [4.69, 9.17) is 0 Å². The van der Waals surface area contributed by atoms with Crippen molar-refractivity contribution < 1.29 is 338 Å². The topological polar surface area (TPSA) is 0 Å². The molecule has 0 saturated heterocycles. The smallest absolute Gasteiger partial charge is 1.00 e. The first kappa shape index (κ1) is 201. The molecule has 0 N–H and O–H groups in total. The van der Waals surface area contributed by atoms with E-state index >= 15 is 0 Å². The fourth-order valence-electron chi connectivity index (χ4n) is 0. The van der Waals surface area contributed by atoms with Gasteiger partial charge in [-0.25, -0.2) is 0 Å². The van der Waals surface area contributed by atoms with Crippen molar-refractivity contribution >= 4 is 0 Å². The number of rotatable bonds is 0. The van der Waals surface area contributed by atoms with Gasteiger partial charge in [0.1, 0.15) is 0 Å². The zero-order chi connectivity index (χ0) is 0. The molecule has 0 saturated carbocycles. The zero-order valence-electron chi connectivity index (χ0n) is 7.22. The minimum Gasteiger partial charge on any atom is -1.00 e. The number of hydrogen-bond donors (Lipinski definition) is 0. The predicted octanol–water partition coefficient (Wildman–Crippen LogP) is -36.0. The van der Waals surface area contributed by atoms with E-state index < -0.39 is 0 Å². The molecule has 0 bridgehead atoms. The Morgan fingerprint density at radius 2 is 0.111 bits per heavy atom. The van der Waals surface area contributed by atoms with Crippen LogP contribution in [0.1, 0.15) is 0 Å². The zero-order valence-corrected chi connectivity index (χ0v) is 45.5. The van der Waals surface area contributed by atoms with Crippen molar-refractivity contribution in [1.82, 2.24) is 0 Å². The van der Waals surface area contributed by atoms with Crippen molar-refractivity contribution in [3.8, 4) is 0 Å². The molecule has 0 heterocycles. The van der Waals surface area contributed by atoms with Crippen LogP contribution in [-0.2, 0) is 134 Å². The Labute approximate surface area is 329 Å². The summed E-state index contributed by atoms with van der Waals surface area (Å²) in [6.45, 7) is 0. The summed E-state index contributed by atoms with van der Waals surface area (Å²) in [6, 6.07) is 0. The summed E-state index contributed by atoms with van der Waals surface area (Å²) in [5.41, 5.74) is 0. The second-order valence-electron chi connectivity index (χ2n) is 0. The first-order chi connectivity index (χ1) is 0. The quantitative estimate of drug-likeness (QED) is 0.227. The molecule has 0 aliphatic heterocycles. The van der Waals surface area contributed by atoms with Crippen LogP contribution in [0.3, 0.4) is 0 Å². The summed E-state index contributed by atoms with van der Waals surface area (Å²) < 4.78 is 0. The van der Waals surface area contributed by atoms with Crippen LogP contribution in [0.5, 0.6) is 0 Å². The largest absolute Gasteiger partial charge is 5.00 e. The Kier molecular flexibility index (Phi) is 2000. The fourth-order valence-corrected chi connectivity index (χ4v) is 0. The molecule has 0 aromatic heterocycles. The van der Waals surface area contributed by atoms with Crippen molar-refractivity contribution in [1.29, 1.82) is 0 Å². The first-order valence-electron chi connectivity index (χ1n) is 0. The van der Waals surface area contributed by atoms with Crippen molar-refractivity contribution in [2.75, 3.05) is 0 Å². The molecule has 0 rings (SSSR count). The maximum absolute atomic E-state index is 0. The molecule has 0 aliphatic rings. The average molecular weight is 2040 g/mol. The van der Waals surface area contributed by atoms with Gasteiger partial charge in [0.25, 0.3) is 0 Å². The standard InChI is InChI=1S/12BrH.6Ta/h12*1H;;;;;;/q;;;;;;;;;;;;6*+5/p-12. The third-order valence-electron chi connectivity index (χ3n) is 0. The molecular formula is Br12Ta6+18. The van der Waals surface area contributed by atoms with Gasteiger partial charge in [-0.1, -0.05) is 0 Å². The second-order valence-corrected chi connectivity index (χ2v) is 0. The monoisotopic (exact) mass is 2030 g/mol. The predicted molar refractivity (Wildman–Crippen MR) is 0 cm³/mol. The van der Waals surface area contributed by atoms with Gasteiger partial charge in [0, 0.05) is 0 Å². The summed E-state index contributed by atoms with van der Waals surface area (Å²) in [5, 5.41) is 0. The Balaban J connectivity index is 0. The van der Waals surface area contributed by atoms with Gasteiger partial charge in [-0.2, -0.15) is 0 Å². The van der Waals surface area contributed by atoms with Gasteiger partial charge < -0.3 is 204 Å². The molecule has 0 spiro atoms. The molecule has 0 amide bonds. The maximum atomic E-state index is 0. The Bertz CT molecular complexity index is 16.5. The van der Waals surface area contributed by atoms with E-state index in [1.165, 1.54) is 0 Å². The SMILES string of the molecule is [Br-].[Br-].[Br-].[Br-].[Br-].[Br-].[Br-].[Br-].[Br-].[Br-].[Br-].[Br-].[Ta+5].[Ta+5].[Ta+5].[Ta+5].[Ta+5].[Ta+5]. The Morgan fingerprint density at radius 1 is 0.111 bits per heavy atom. The van der Waals surface area contributed by atoms with Crippen LogP contribution in [0.2, 0.25) is 0 Å². The Morgan fingerprint density at radius 3 is 0.111 bits per heavy atom. The van der Waals surface area contributed by atoms with Gasteiger partial charge in [-0.3, -0.25) is 0 Å². The summed E-state index contributed by atoms with van der Waals surface area (Å²) in [4.78, 5) is 0. The molecule has 0 aliphatic carbocycles. The molecule has 0 nitrogen and oxygen atoms in total. The summed E-state index contributed by atoms with van der Waals surface area (Å²) in [6.07, 6.45) is 0. The van der Waals surface area contributed by atoms with Crippen LogP contribution < -0.4 is 204 Å². The fraction of sp³-hybridized carbons (Fsp3) is 0. The van der Waals surface area contributed by atoms with E-state index in [9.17, 15) is 0 Å². The number of hydrogen-bond acceptors (Lipinski definition) is 0. The molecule has 0 aromatic carbocycles. The molecule has 96 valence electrons. The molecule has 0 unspecified atom stereocenters. The van der Waals surface area contributed by atoms with E-state index in [0.717, 1.165) is 0 Å². The number of halogens is 12. The summed E-state index contributed by atoms with van der Waals surface area (Å²) in [7, 11) is 0. The van der Waals surface area contributed by atoms with Crippen molar-refractivity contribution in [3.63, 3.8) is 0 Å². The van der Waals surface area contributed by atoms with E-state index in [1.54, 1.807) is 0 Å². The van der Waals surface area contributed by atoms with Crippen LogP contribution in [0.15, 0.2) is 0 Å². The minimum absolute atomic E-state index is 0. The molecule has 18 heteroatoms. The van der Waals surface area contributed by atoms with Crippen LogP contribution in [0.25, 0.3) is 0 Å². The molecule has 0 aromatic rings. The van der Waals surface area contributed by atoms with Gasteiger partial charge >= 0.3 is 134 Å². The normalized spacial score (nSPS) is 0. The maximum Gasteiger partial charge on any atom is 5.00 e. The van der Waals surface area contributed by atoms with Crippen LogP contribution >= 0.6 is 0 Å². The van der Waals surface area contributed by atoms with E-state index in [1.807, 2.05) is 0 Å². The average Bonchev–Trinajstić information content (AvgIpc) is 0. The van der Waals surface area contributed by atoms with Crippen LogP contribution in [-0.4, -0.2) is 0 Å². The van der Waals surface area contributed by atoms with Gasteiger partial charge in [0.2, 0.25) is 0 Å². The molecule has 0 atom stereocenters. The van der Waals surface area contributed by atoms with Crippen molar-refractivity contribution in [2.45, 2.75) is 0 Å². The van der Waals surface area contributed by atoms with Gasteiger partial charge in [0.05, 0.1) is 0 Å². The van der Waals surface area contributed by atoms with Crippen molar-refractivity contribution in [3.05, 3.63) is 0 Å². The third-order valence-corrected chi connectivity index (χ3v) is 0. The first-order valence-corrected chi connectivity index (χ1v) is 0. The third kappa shape index (κ3) is 160. The molecular weight excluding hydrogens is 2040 g/mol. The molecule has 18 heavy (non-hydrogen) atoms. The van der Waals surface area contributed by atoms with E-state index in [2.05, 4.69) is 0 Å². The van der Waals surface area contributed by atoms with Crippen LogP contribution in [0, 0.1) is 0 Å². The Hall–Kier alpha value is 10.2. The minimum atomic E-state index is 0. The van der Waals surface area contributed by atoms with Gasteiger partial charge in [0.15, 0.2) is 0 Å². The van der Waals surface area contributed by atoms with Gasteiger partial charge in [-0.15, -0.1) is 0 Å². The summed E-state index contributed by atoms with van der Waals surface area (Å²) in [5.74, 6) is 0. The van der Waals surface area contributed by atoms with E-state index in [0.29, 0.717) is 0 Å². The van der Waals surface area contributed by atoms with Crippen molar-refractivity contribution in [2.24, 2.45) is 0 Å². The summed E-state index contributed by atoms with van der Waals surface area (Å²) >= 11 is 0. The van der Waals surface area contributed by atoms with Gasteiger partial charge in [-0.05, 0) is 0 Å².